The Morgan fingerprint density at radius 3 is 2.90 bits per heavy atom. The zero-order valence-electron chi connectivity index (χ0n) is 11.5. The molecule has 0 spiro atoms. The summed E-state index contributed by atoms with van der Waals surface area (Å²) in [6, 6.07) is 3.86. The molecule has 21 heavy (non-hydrogen) atoms. The topological polar surface area (TPSA) is 65.6 Å². The first kappa shape index (κ1) is 13.3. The fourth-order valence-corrected chi connectivity index (χ4v) is 2.33. The molecule has 0 N–H and O–H groups in total. The average Bonchev–Trinajstić information content (AvgIpc) is 2.90. The van der Waals surface area contributed by atoms with E-state index in [9.17, 15) is 14.0 Å². The van der Waals surface area contributed by atoms with Gasteiger partial charge < -0.3 is 4.74 Å². The summed E-state index contributed by atoms with van der Waals surface area (Å²) in [5, 5.41) is 4.31. The van der Waals surface area contributed by atoms with Crippen LogP contribution in [0.15, 0.2) is 29.2 Å². The van der Waals surface area contributed by atoms with Crippen molar-refractivity contribution in [2.24, 2.45) is 7.05 Å². The SMILES string of the molecule is CCOC(=O)c1cnn2c3ccc(F)cc3c(=O)n(C)c12. The Bertz CT molecular complexity index is 926. The third-order valence-electron chi connectivity index (χ3n) is 3.28. The summed E-state index contributed by atoms with van der Waals surface area (Å²) in [4.78, 5) is 24.3. The number of hydrogen-bond acceptors (Lipinski definition) is 4. The minimum absolute atomic E-state index is 0.197. The van der Waals surface area contributed by atoms with Crippen molar-refractivity contribution in [3.05, 3.63) is 46.1 Å². The van der Waals surface area contributed by atoms with Gasteiger partial charge in [0.2, 0.25) is 0 Å². The third kappa shape index (κ3) is 1.89. The summed E-state index contributed by atoms with van der Waals surface area (Å²) >= 11 is 0. The van der Waals surface area contributed by atoms with Crippen molar-refractivity contribution in [3.8, 4) is 0 Å². The van der Waals surface area contributed by atoms with Gasteiger partial charge in [0.15, 0.2) is 5.65 Å². The van der Waals surface area contributed by atoms with Crippen molar-refractivity contribution in [3.63, 3.8) is 0 Å². The molecule has 0 saturated carbocycles. The first-order valence-electron chi connectivity index (χ1n) is 6.37. The number of benzene rings is 1. The molecule has 0 aliphatic carbocycles. The molecule has 0 aliphatic heterocycles. The first-order chi connectivity index (χ1) is 10.0. The number of aromatic nitrogens is 3. The number of carbonyl (C=O) groups is 1. The number of halogens is 1. The van der Waals surface area contributed by atoms with Crippen molar-refractivity contribution < 1.29 is 13.9 Å². The minimum Gasteiger partial charge on any atom is -0.462 e. The largest absolute Gasteiger partial charge is 0.462 e. The molecule has 0 saturated heterocycles. The van der Waals surface area contributed by atoms with E-state index in [1.807, 2.05) is 0 Å². The van der Waals surface area contributed by atoms with Crippen LogP contribution in [0.25, 0.3) is 16.6 Å². The van der Waals surface area contributed by atoms with E-state index >= 15 is 0 Å². The van der Waals surface area contributed by atoms with Crippen LogP contribution in [0.3, 0.4) is 0 Å². The van der Waals surface area contributed by atoms with Crippen molar-refractivity contribution in [2.75, 3.05) is 6.61 Å². The summed E-state index contributed by atoms with van der Waals surface area (Å²) in [7, 11) is 1.51. The zero-order chi connectivity index (χ0) is 15.1. The molecule has 6 nitrogen and oxygen atoms in total. The lowest BCUT2D eigenvalue weighted by Crippen LogP contribution is -2.21. The van der Waals surface area contributed by atoms with E-state index in [1.165, 1.54) is 34.5 Å². The molecule has 0 fully saturated rings. The minimum atomic E-state index is -0.552. The van der Waals surface area contributed by atoms with Crippen LogP contribution in [0.1, 0.15) is 17.3 Å². The van der Waals surface area contributed by atoms with Crippen molar-refractivity contribution in [1.82, 2.24) is 14.2 Å². The summed E-state index contributed by atoms with van der Waals surface area (Å²) in [5.74, 6) is -1.05. The van der Waals surface area contributed by atoms with Gasteiger partial charge in [-0.15, -0.1) is 0 Å². The predicted octanol–water partition coefficient (Wildman–Crippen LogP) is 1.50. The normalized spacial score (nSPS) is 11.2. The van der Waals surface area contributed by atoms with E-state index in [0.29, 0.717) is 11.2 Å². The quantitative estimate of drug-likeness (QED) is 0.671. The number of aryl methyl sites for hydroxylation is 1. The highest BCUT2D eigenvalue weighted by atomic mass is 19.1. The van der Waals surface area contributed by atoms with Gasteiger partial charge >= 0.3 is 5.97 Å². The van der Waals surface area contributed by atoms with Gasteiger partial charge in [0.25, 0.3) is 5.56 Å². The third-order valence-corrected chi connectivity index (χ3v) is 3.28. The van der Waals surface area contributed by atoms with Gasteiger partial charge in [-0.3, -0.25) is 9.36 Å². The number of rotatable bonds is 2. The van der Waals surface area contributed by atoms with Crippen molar-refractivity contribution in [2.45, 2.75) is 6.92 Å². The molecule has 3 aromatic rings. The Morgan fingerprint density at radius 2 is 2.19 bits per heavy atom. The molecule has 0 amide bonds. The zero-order valence-corrected chi connectivity index (χ0v) is 11.5. The van der Waals surface area contributed by atoms with Crippen LogP contribution in [0.4, 0.5) is 4.39 Å². The van der Waals surface area contributed by atoms with Gasteiger partial charge in [-0.05, 0) is 25.1 Å². The van der Waals surface area contributed by atoms with E-state index in [0.717, 1.165) is 6.07 Å². The molecule has 108 valence electrons. The predicted molar refractivity (Wildman–Crippen MR) is 73.9 cm³/mol. The molecule has 0 bridgehead atoms. The molecule has 1 aromatic carbocycles. The highest BCUT2D eigenvalue weighted by molar-refractivity contribution is 5.97. The van der Waals surface area contributed by atoms with Crippen LogP contribution < -0.4 is 5.56 Å². The van der Waals surface area contributed by atoms with E-state index in [-0.39, 0.29) is 17.6 Å². The number of nitrogens with zero attached hydrogens (tertiary/aromatic N) is 3. The number of esters is 1. The maximum absolute atomic E-state index is 13.3. The second kappa shape index (κ2) is 4.69. The van der Waals surface area contributed by atoms with Gasteiger partial charge in [-0.25, -0.2) is 13.7 Å². The monoisotopic (exact) mass is 289 g/mol. The molecular formula is C14H12FN3O3. The van der Waals surface area contributed by atoms with Crippen molar-refractivity contribution in [1.29, 1.82) is 0 Å². The summed E-state index contributed by atoms with van der Waals surface area (Å²) in [5.41, 5.74) is 0.549. The molecule has 2 heterocycles. The van der Waals surface area contributed by atoms with Gasteiger partial charge in [0.05, 0.1) is 23.7 Å². The number of hydrogen-bond donors (Lipinski definition) is 0. The van der Waals surface area contributed by atoms with Gasteiger partial charge in [0.1, 0.15) is 11.4 Å². The maximum atomic E-state index is 13.3. The molecule has 0 unspecified atom stereocenters. The van der Waals surface area contributed by atoms with Crippen LogP contribution in [0, 0.1) is 5.82 Å². The molecule has 3 rings (SSSR count). The summed E-state index contributed by atoms with van der Waals surface area (Å²) < 4.78 is 21.0. The second-order valence-corrected chi connectivity index (χ2v) is 4.54. The number of ether oxygens (including phenoxy) is 1. The van der Waals surface area contributed by atoms with Crippen LogP contribution in [0.5, 0.6) is 0 Å². The highest BCUT2D eigenvalue weighted by Gasteiger charge is 2.19. The first-order valence-corrected chi connectivity index (χ1v) is 6.37. The Balaban J connectivity index is 2.44. The summed E-state index contributed by atoms with van der Waals surface area (Å²) in [6.45, 7) is 1.92. The van der Waals surface area contributed by atoms with Gasteiger partial charge in [0, 0.05) is 7.05 Å². The van der Waals surface area contributed by atoms with Crippen LogP contribution in [-0.4, -0.2) is 26.8 Å². The average molecular weight is 289 g/mol. The Morgan fingerprint density at radius 1 is 1.43 bits per heavy atom. The molecule has 0 atom stereocenters. The van der Waals surface area contributed by atoms with E-state index in [4.69, 9.17) is 4.74 Å². The fraction of sp³-hybridized carbons (Fsp3) is 0.214. The number of carbonyl (C=O) groups excluding carboxylic acids is 1. The van der Waals surface area contributed by atoms with E-state index in [1.54, 1.807) is 6.92 Å². The lowest BCUT2D eigenvalue weighted by atomic mass is 10.2. The Hall–Kier alpha value is -2.70. The van der Waals surface area contributed by atoms with Crippen molar-refractivity contribution >= 4 is 22.5 Å². The summed E-state index contributed by atoms with van der Waals surface area (Å²) in [6.07, 6.45) is 1.34. The van der Waals surface area contributed by atoms with Gasteiger partial charge in [-0.2, -0.15) is 5.10 Å². The smallest absolute Gasteiger partial charge is 0.343 e. The lowest BCUT2D eigenvalue weighted by molar-refractivity contribution is 0.0528. The van der Waals surface area contributed by atoms with E-state index < -0.39 is 17.3 Å². The maximum Gasteiger partial charge on any atom is 0.343 e. The van der Waals surface area contributed by atoms with Crippen LogP contribution in [-0.2, 0) is 11.8 Å². The Kier molecular flexibility index (Phi) is 2.97. The fourth-order valence-electron chi connectivity index (χ4n) is 2.33. The number of fused-ring (bicyclic) bond motifs is 3. The van der Waals surface area contributed by atoms with Crippen LogP contribution >= 0.6 is 0 Å². The van der Waals surface area contributed by atoms with Gasteiger partial charge in [-0.1, -0.05) is 0 Å². The molecular weight excluding hydrogens is 277 g/mol. The second-order valence-electron chi connectivity index (χ2n) is 4.54. The van der Waals surface area contributed by atoms with Crippen LogP contribution in [0.2, 0.25) is 0 Å². The molecule has 7 heteroatoms. The standard InChI is InChI=1S/C14H12FN3O3/c1-3-21-14(20)10-7-16-18-11-5-4-8(15)6-9(11)13(19)17(2)12(10)18/h4-7H,3H2,1-2H3. The Labute approximate surface area is 118 Å². The highest BCUT2D eigenvalue weighted by Crippen LogP contribution is 2.17. The molecule has 0 radical (unpaired) electrons. The molecule has 2 aromatic heterocycles. The lowest BCUT2D eigenvalue weighted by Gasteiger charge is -2.08. The van der Waals surface area contributed by atoms with E-state index in [2.05, 4.69) is 5.10 Å². The molecule has 0 aliphatic rings.